The molecule has 0 amide bonds. The maximum Gasteiger partial charge on any atom is 0.173 e. The first kappa shape index (κ1) is 12.0. The van der Waals surface area contributed by atoms with Gasteiger partial charge in [0.1, 0.15) is 18.0 Å². The largest absolute Gasteiger partial charge is 0.362 e. The summed E-state index contributed by atoms with van der Waals surface area (Å²) in [4.78, 5) is 7.97. The van der Waals surface area contributed by atoms with Crippen LogP contribution < -0.4 is 5.32 Å². The second-order valence-corrected chi connectivity index (χ2v) is 6.20. The fourth-order valence-corrected chi connectivity index (χ4v) is 3.25. The van der Waals surface area contributed by atoms with Crippen LogP contribution in [0.3, 0.4) is 0 Å². The number of nitrogens with zero attached hydrogens (tertiary/aromatic N) is 2. The summed E-state index contributed by atoms with van der Waals surface area (Å²) < 4.78 is 36.5. The third kappa shape index (κ3) is 2.28. The summed E-state index contributed by atoms with van der Waals surface area (Å²) >= 11 is 0. The molecule has 0 fully saturated rings. The lowest BCUT2D eigenvalue weighted by Crippen LogP contribution is -2.21. The highest BCUT2D eigenvalue weighted by molar-refractivity contribution is 7.94. The van der Waals surface area contributed by atoms with Crippen molar-refractivity contribution >= 4 is 26.6 Å². The molecule has 1 aromatic carbocycles. The van der Waals surface area contributed by atoms with E-state index in [0.29, 0.717) is 11.3 Å². The summed E-state index contributed by atoms with van der Waals surface area (Å²) in [6, 6.07) is 4.15. The van der Waals surface area contributed by atoms with Gasteiger partial charge in [-0.2, -0.15) is 0 Å². The molecule has 1 aliphatic heterocycles. The number of aromatic nitrogens is 2. The molecule has 5 nitrogen and oxygen atoms in total. The minimum absolute atomic E-state index is 0.0487. The Morgan fingerprint density at radius 2 is 2.16 bits per heavy atom. The van der Waals surface area contributed by atoms with Crippen LogP contribution in [0, 0.1) is 5.82 Å². The maximum absolute atomic E-state index is 13.8. The molecule has 0 radical (unpaired) electrons. The second kappa shape index (κ2) is 4.27. The third-order valence-corrected chi connectivity index (χ3v) is 4.26. The molecule has 2 aromatic rings. The first-order valence-corrected chi connectivity index (χ1v) is 7.33. The molecule has 1 N–H and O–H groups in total. The van der Waals surface area contributed by atoms with Gasteiger partial charge in [0.2, 0.25) is 0 Å². The highest BCUT2D eigenvalue weighted by Gasteiger charge is 2.22. The molecular formula is C12H10FN3O2S. The van der Waals surface area contributed by atoms with E-state index in [2.05, 4.69) is 15.3 Å². The smallest absolute Gasteiger partial charge is 0.173 e. The van der Waals surface area contributed by atoms with Crippen LogP contribution in [0.2, 0.25) is 0 Å². The van der Waals surface area contributed by atoms with Gasteiger partial charge < -0.3 is 5.32 Å². The van der Waals surface area contributed by atoms with Gasteiger partial charge in [-0.25, -0.2) is 22.8 Å². The number of hydrogen-bond acceptors (Lipinski definition) is 5. The van der Waals surface area contributed by atoms with E-state index in [-0.39, 0.29) is 11.1 Å². The molecule has 0 bridgehead atoms. The summed E-state index contributed by atoms with van der Waals surface area (Å²) in [5.74, 6) is -0.187. The summed E-state index contributed by atoms with van der Waals surface area (Å²) in [5.41, 5.74) is 0.474. The molecule has 0 spiro atoms. The van der Waals surface area contributed by atoms with E-state index >= 15 is 0 Å². The maximum atomic E-state index is 13.8. The number of fused-ring (bicyclic) bond motifs is 1. The Balaban J connectivity index is 2.00. The molecule has 0 aliphatic carbocycles. The molecule has 0 unspecified atom stereocenters. The highest BCUT2D eigenvalue weighted by atomic mass is 32.2. The number of hydrogen-bond donors (Lipinski definition) is 1. The molecule has 3 rings (SSSR count). The highest BCUT2D eigenvalue weighted by Crippen LogP contribution is 2.24. The average molecular weight is 279 g/mol. The predicted octanol–water partition coefficient (Wildman–Crippen LogP) is 1.49. The molecule has 0 saturated heterocycles. The second-order valence-electron chi connectivity index (χ2n) is 4.27. The zero-order valence-electron chi connectivity index (χ0n) is 9.75. The van der Waals surface area contributed by atoms with Crippen molar-refractivity contribution in [3.63, 3.8) is 0 Å². The van der Waals surface area contributed by atoms with E-state index in [4.69, 9.17) is 0 Å². The molecule has 1 aliphatic rings. The summed E-state index contributed by atoms with van der Waals surface area (Å²) in [5, 5.41) is 4.35. The monoisotopic (exact) mass is 279 g/mol. The van der Waals surface area contributed by atoms with Crippen LogP contribution in [0.15, 0.2) is 36.0 Å². The van der Waals surface area contributed by atoms with Crippen molar-refractivity contribution < 1.29 is 12.8 Å². The molecule has 0 saturated carbocycles. The van der Waals surface area contributed by atoms with E-state index in [1.807, 2.05) is 0 Å². The molecule has 7 heteroatoms. The summed E-state index contributed by atoms with van der Waals surface area (Å²) in [7, 11) is -3.16. The van der Waals surface area contributed by atoms with Gasteiger partial charge in [0.15, 0.2) is 9.84 Å². The van der Waals surface area contributed by atoms with Crippen molar-refractivity contribution in [1.29, 1.82) is 0 Å². The molecular weight excluding hydrogens is 269 g/mol. The Labute approximate surface area is 109 Å². The van der Waals surface area contributed by atoms with Crippen molar-refractivity contribution in [2.45, 2.75) is 6.04 Å². The van der Waals surface area contributed by atoms with E-state index < -0.39 is 21.7 Å². The van der Waals surface area contributed by atoms with Crippen LogP contribution in [0.4, 0.5) is 10.2 Å². The van der Waals surface area contributed by atoms with Gasteiger partial charge in [-0.3, -0.25) is 0 Å². The third-order valence-electron chi connectivity index (χ3n) is 2.86. The van der Waals surface area contributed by atoms with E-state index in [1.165, 1.54) is 18.5 Å². The van der Waals surface area contributed by atoms with Gasteiger partial charge in [-0.05, 0) is 18.2 Å². The summed E-state index contributed by atoms with van der Waals surface area (Å²) in [6.45, 7) is 0. The lowest BCUT2D eigenvalue weighted by atomic mass is 10.2. The van der Waals surface area contributed by atoms with E-state index in [1.54, 1.807) is 12.1 Å². The van der Waals surface area contributed by atoms with Gasteiger partial charge in [0, 0.05) is 5.41 Å². The van der Waals surface area contributed by atoms with Crippen molar-refractivity contribution in [1.82, 2.24) is 9.97 Å². The van der Waals surface area contributed by atoms with E-state index in [0.717, 1.165) is 5.41 Å². The lowest BCUT2D eigenvalue weighted by molar-refractivity contribution is 0.605. The normalized spacial score (nSPS) is 20.8. The average Bonchev–Trinajstić information content (AvgIpc) is 2.69. The fourth-order valence-electron chi connectivity index (χ4n) is 2.02. The van der Waals surface area contributed by atoms with Gasteiger partial charge in [-0.1, -0.05) is 6.07 Å². The Hall–Kier alpha value is -2.02. The molecule has 19 heavy (non-hydrogen) atoms. The van der Waals surface area contributed by atoms with Crippen LogP contribution in [0.25, 0.3) is 10.9 Å². The van der Waals surface area contributed by atoms with Gasteiger partial charge >= 0.3 is 0 Å². The van der Waals surface area contributed by atoms with Crippen molar-refractivity contribution in [3.05, 3.63) is 41.8 Å². The van der Waals surface area contributed by atoms with Crippen LogP contribution in [-0.4, -0.2) is 30.2 Å². The van der Waals surface area contributed by atoms with Gasteiger partial charge in [-0.15, -0.1) is 0 Å². The number of sulfone groups is 1. The van der Waals surface area contributed by atoms with Crippen molar-refractivity contribution in [2.24, 2.45) is 0 Å². The fraction of sp³-hybridized carbons (Fsp3) is 0.167. The van der Waals surface area contributed by atoms with Gasteiger partial charge in [0.05, 0.1) is 22.7 Å². The topological polar surface area (TPSA) is 72.0 Å². The van der Waals surface area contributed by atoms with E-state index in [9.17, 15) is 12.8 Å². The first-order valence-electron chi connectivity index (χ1n) is 5.62. The Kier molecular flexibility index (Phi) is 2.70. The van der Waals surface area contributed by atoms with Crippen LogP contribution in [-0.2, 0) is 9.84 Å². The number of rotatable bonds is 2. The minimum Gasteiger partial charge on any atom is -0.362 e. The molecule has 2 heterocycles. The minimum atomic E-state index is -3.16. The predicted molar refractivity (Wildman–Crippen MR) is 69.8 cm³/mol. The quantitative estimate of drug-likeness (QED) is 0.901. The Morgan fingerprint density at radius 3 is 2.89 bits per heavy atom. The first-order chi connectivity index (χ1) is 9.05. The number of nitrogens with one attached hydrogen (secondary N) is 1. The zero-order chi connectivity index (χ0) is 13.5. The van der Waals surface area contributed by atoms with Crippen LogP contribution >= 0.6 is 0 Å². The van der Waals surface area contributed by atoms with Crippen LogP contribution in [0.5, 0.6) is 0 Å². The Bertz CT molecular complexity index is 768. The standard InChI is InChI=1S/C12H10FN3O2S/c13-9-2-1-3-10-11(9)12(15-7-14-10)16-8-4-5-19(17,18)6-8/h1-5,7-8H,6H2,(H,14,15,16)/t8-/m0/s1. The summed E-state index contributed by atoms with van der Waals surface area (Å²) in [6.07, 6.45) is 2.85. The number of halogens is 1. The van der Waals surface area contributed by atoms with Crippen LogP contribution in [0.1, 0.15) is 0 Å². The SMILES string of the molecule is O=S1(=O)C=C[C@H](Nc2ncnc3cccc(F)c23)C1. The van der Waals surface area contributed by atoms with Gasteiger partial charge in [0.25, 0.3) is 0 Å². The lowest BCUT2D eigenvalue weighted by Gasteiger charge is -2.12. The Morgan fingerprint density at radius 1 is 1.32 bits per heavy atom. The number of anilines is 1. The van der Waals surface area contributed by atoms with Crippen molar-refractivity contribution in [2.75, 3.05) is 11.1 Å². The van der Waals surface area contributed by atoms with Crippen molar-refractivity contribution in [3.8, 4) is 0 Å². The number of benzene rings is 1. The molecule has 98 valence electrons. The molecule has 1 atom stereocenters. The molecule has 1 aromatic heterocycles. The zero-order valence-corrected chi connectivity index (χ0v) is 10.6.